The molecule has 5 rings (SSSR count). The minimum atomic E-state index is -0.199. The number of ether oxygens (including phenoxy) is 4. The van der Waals surface area contributed by atoms with E-state index >= 15 is 0 Å². The van der Waals surface area contributed by atoms with Crippen LogP contribution in [0.4, 0.5) is 0 Å². The van der Waals surface area contributed by atoms with E-state index in [1.807, 2.05) is 0 Å². The second-order valence-corrected chi connectivity index (χ2v) is 14.8. The van der Waals surface area contributed by atoms with E-state index < -0.39 is 0 Å². The van der Waals surface area contributed by atoms with Gasteiger partial charge in [0, 0.05) is 45.8 Å². The molecule has 0 bridgehead atoms. The largest absolute Gasteiger partial charge is 0.464 e. The third-order valence-electron chi connectivity index (χ3n) is 12.6. The van der Waals surface area contributed by atoms with E-state index in [2.05, 4.69) is 25.7 Å². The second kappa shape index (κ2) is 13.1. The molecule has 0 radical (unpaired) electrons. The number of hydrogen-bond acceptors (Lipinski definition) is 8. The summed E-state index contributed by atoms with van der Waals surface area (Å²) in [7, 11) is 0. The fourth-order valence-corrected chi connectivity index (χ4v) is 10.5. The van der Waals surface area contributed by atoms with Crippen LogP contribution in [0.2, 0.25) is 0 Å². The Bertz CT molecular complexity index is 981. The molecule has 238 valence electrons. The number of carbonyl (C=O) groups is 3. The van der Waals surface area contributed by atoms with Crippen LogP contribution in [0.1, 0.15) is 98.8 Å². The maximum Gasteiger partial charge on any atom is 0.305 e. The molecule has 8 heteroatoms. The molecule has 1 aliphatic heterocycles. The summed E-state index contributed by atoms with van der Waals surface area (Å²) in [4.78, 5) is 39.0. The van der Waals surface area contributed by atoms with Gasteiger partial charge in [0.15, 0.2) is 0 Å². The molecule has 5 aliphatic rings. The number of fused-ring (bicyclic) bond motifs is 5. The van der Waals surface area contributed by atoms with Crippen molar-refractivity contribution in [1.82, 2.24) is 4.90 Å². The Morgan fingerprint density at radius 3 is 2.31 bits per heavy atom. The zero-order chi connectivity index (χ0) is 30.1. The van der Waals surface area contributed by atoms with Crippen LogP contribution in [0.3, 0.4) is 0 Å². The summed E-state index contributed by atoms with van der Waals surface area (Å²) < 4.78 is 22.8. The van der Waals surface area contributed by atoms with E-state index in [1.165, 1.54) is 26.2 Å². The van der Waals surface area contributed by atoms with Gasteiger partial charge in [0.1, 0.15) is 18.8 Å². The highest BCUT2D eigenvalue weighted by Crippen LogP contribution is 2.68. The van der Waals surface area contributed by atoms with E-state index in [9.17, 15) is 14.4 Å². The first kappa shape index (κ1) is 31.7. The summed E-state index contributed by atoms with van der Waals surface area (Å²) in [6.45, 7) is 14.9. The minimum Gasteiger partial charge on any atom is -0.464 e. The Morgan fingerprint density at radius 1 is 0.905 bits per heavy atom. The molecule has 0 aromatic rings. The van der Waals surface area contributed by atoms with Crippen molar-refractivity contribution in [2.45, 2.75) is 111 Å². The monoisotopic (exact) mass is 589 g/mol. The predicted molar refractivity (Wildman–Crippen MR) is 158 cm³/mol. The van der Waals surface area contributed by atoms with Gasteiger partial charge in [-0.15, -0.1) is 0 Å². The van der Waals surface area contributed by atoms with Gasteiger partial charge in [-0.1, -0.05) is 20.8 Å². The molecule has 0 N–H and O–H groups in total. The maximum absolute atomic E-state index is 12.6. The van der Waals surface area contributed by atoms with E-state index in [4.69, 9.17) is 18.9 Å². The molecule has 0 aromatic carbocycles. The van der Waals surface area contributed by atoms with E-state index in [-0.39, 0.29) is 40.9 Å². The van der Waals surface area contributed by atoms with Crippen molar-refractivity contribution in [3.63, 3.8) is 0 Å². The van der Waals surface area contributed by atoms with Gasteiger partial charge in [0.05, 0.1) is 13.2 Å². The Labute approximate surface area is 252 Å². The molecule has 4 aliphatic carbocycles. The Hall–Kier alpha value is -1.67. The van der Waals surface area contributed by atoms with Gasteiger partial charge in [0.2, 0.25) is 0 Å². The van der Waals surface area contributed by atoms with Crippen LogP contribution in [0.15, 0.2) is 0 Å². The molecule has 0 amide bonds. The molecular weight excluding hydrogens is 534 g/mol. The normalized spacial score (nSPS) is 40.6. The predicted octanol–water partition coefficient (Wildman–Crippen LogP) is 5.41. The number of carbonyl (C=O) groups excluding carboxylic acids is 3. The van der Waals surface area contributed by atoms with E-state index in [1.54, 1.807) is 6.92 Å². The molecule has 1 unspecified atom stereocenters. The van der Waals surface area contributed by atoms with Crippen molar-refractivity contribution < 1.29 is 33.3 Å². The summed E-state index contributed by atoms with van der Waals surface area (Å²) in [6.07, 6.45) is 9.71. The van der Waals surface area contributed by atoms with Crippen molar-refractivity contribution in [3.8, 4) is 0 Å². The third kappa shape index (κ3) is 6.55. The van der Waals surface area contributed by atoms with Crippen molar-refractivity contribution in [2.75, 3.05) is 39.5 Å². The fourth-order valence-electron chi connectivity index (χ4n) is 10.5. The quantitative estimate of drug-likeness (QED) is 0.261. The molecule has 10 atom stereocenters. The van der Waals surface area contributed by atoms with Gasteiger partial charge in [0.25, 0.3) is 0 Å². The van der Waals surface area contributed by atoms with Gasteiger partial charge in [-0.2, -0.15) is 0 Å². The first-order valence-corrected chi connectivity index (χ1v) is 16.8. The van der Waals surface area contributed by atoms with Crippen LogP contribution in [0.5, 0.6) is 0 Å². The van der Waals surface area contributed by atoms with E-state index in [0.29, 0.717) is 48.5 Å². The van der Waals surface area contributed by atoms with Crippen molar-refractivity contribution >= 4 is 17.9 Å². The highest BCUT2D eigenvalue weighted by Gasteiger charge is 2.64. The van der Waals surface area contributed by atoms with Gasteiger partial charge in [-0.3, -0.25) is 19.3 Å². The molecule has 0 aromatic heterocycles. The van der Waals surface area contributed by atoms with Crippen molar-refractivity contribution in [3.05, 3.63) is 0 Å². The zero-order valence-corrected chi connectivity index (χ0v) is 26.7. The van der Waals surface area contributed by atoms with Gasteiger partial charge >= 0.3 is 17.9 Å². The molecule has 42 heavy (non-hydrogen) atoms. The van der Waals surface area contributed by atoms with Crippen LogP contribution in [-0.2, 0) is 33.3 Å². The number of esters is 3. The van der Waals surface area contributed by atoms with Gasteiger partial charge in [-0.05, 0) is 98.2 Å². The number of rotatable bonds is 9. The summed E-state index contributed by atoms with van der Waals surface area (Å²) >= 11 is 0. The van der Waals surface area contributed by atoms with Crippen molar-refractivity contribution in [1.29, 1.82) is 0 Å². The van der Waals surface area contributed by atoms with Crippen LogP contribution in [0, 0.1) is 46.3 Å². The number of morpholine rings is 1. The third-order valence-corrected chi connectivity index (χ3v) is 12.6. The molecular formula is C34H55NO7. The van der Waals surface area contributed by atoms with Crippen molar-refractivity contribution in [2.24, 2.45) is 46.3 Å². The average molecular weight is 590 g/mol. The molecule has 5 fully saturated rings. The average Bonchev–Trinajstić information content (AvgIpc) is 3.29. The summed E-state index contributed by atoms with van der Waals surface area (Å²) in [6, 6.07) is 0. The zero-order valence-electron chi connectivity index (χ0n) is 26.7. The molecule has 1 saturated heterocycles. The van der Waals surface area contributed by atoms with Gasteiger partial charge in [-0.25, -0.2) is 0 Å². The summed E-state index contributed by atoms with van der Waals surface area (Å²) in [5, 5.41) is 0. The lowest BCUT2D eigenvalue weighted by molar-refractivity contribution is -0.197. The fraction of sp³-hybridized carbons (Fsp3) is 0.912. The number of hydrogen-bond donors (Lipinski definition) is 0. The molecule has 1 heterocycles. The first-order valence-electron chi connectivity index (χ1n) is 16.8. The summed E-state index contributed by atoms with van der Waals surface area (Å²) in [5.41, 5.74) is 0.380. The smallest absolute Gasteiger partial charge is 0.305 e. The van der Waals surface area contributed by atoms with Crippen LogP contribution >= 0.6 is 0 Å². The topological polar surface area (TPSA) is 91.4 Å². The lowest BCUT2D eigenvalue weighted by atomic mass is 9.43. The second-order valence-electron chi connectivity index (χ2n) is 14.8. The Morgan fingerprint density at radius 2 is 1.60 bits per heavy atom. The molecule has 0 spiro atoms. The Kier molecular flexibility index (Phi) is 9.93. The Balaban J connectivity index is 1.22. The number of nitrogens with zero attached hydrogens (tertiary/aromatic N) is 1. The highest BCUT2D eigenvalue weighted by molar-refractivity contribution is 5.69. The summed E-state index contributed by atoms with van der Waals surface area (Å²) in [5.74, 6) is 2.37. The SMILES string of the molecule is CC(=O)O[C@@H]1CC[C@@]2(C)[C@@H](C1)C[C@@H](OC(C)=O)[C@@H]1[C@@H]2CC[C@]2(C)[C@@H](C(C)CCC(=O)OCCN3CCOCC3)CC[C@@H]12. The standard InChI is InChI=1S/C34H55NO7/c1-22(6-9-31(38)40-19-16-35-14-17-39-18-15-35)27-7-8-28-32-29(11-13-34(27,28)5)33(4)12-10-26(41-23(2)36)20-25(33)21-30(32)42-24(3)37/h22,25-30,32H,6-21H2,1-5H3/t22?,25-,26+,27+,28-,29-,30+,32-,33-,34+/m0/s1. The highest BCUT2D eigenvalue weighted by atomic mass is 16.5. The molecule has 4 saturated carbocycles. The molecule has 8 nitrogen and oxygen atoms in total. The first-order chi connectivity index (χ1) is 20.0. The van der Waals surface area contributed by atoms with Crippen LogP contribution in [0.25, 0.3) is 0 Å². The minimum absolute atomic E-state index is 0.0215. The maximum atomic E-state index is 12.6. The lowest BCUT2D eigenvalue weighted by Crippen LogP contribution is -2.59. The lowest BCUT2D eigenvalue weighted by Gasteiger charge is -2.62. The van der Waals surface area contributed by atoms with Crippen LogP contribution in [-0.4, -0.2) is 74.5 Å². The van der Waals surface area contributed by atoms with Crippen LogP contribution < -0.4 is 0 Å². The van der Waals surface area contributed by atoms with Gasteiger partial charge < -0.3 is 18.9 Å². The van der Waals surface area contributed by atoms with E-state index in [0.717, 1.165) is 71.4 Å².